The molecule has 0 saturated heterocycles. The first-order chi connectivity index (χ1) is 9.77. The molecule has 0 fully saturated rings. The molecule has 0 aromatic heterocycles. The summed E-state index contributed by atoms with van der Waals surface area (Å²) in [6.45, 7) is 25.6. The van der Waals surface area contributed by atoms with Crippen molar-refractivity contribution in [1.82, 2.24) is 10.6 Å². The Labute approximate surface area is 132 Å². The normalized spacial score (nSPS) is 13.3. The maximum absolute atomic E-state index is 4.23. The Morgan fingerprint density at radius 1 is 0.857 bits per heavy atom. The minimum Gasteiger partial charge on any atom is -0.381 e. The van der Waals surface area contributed by atoms with Gasteiger partial charge in [-0.2, -0.15) is 0 Å². The van der Waals surface area contributed by atoms with Crippen molar-refractivity contribution in [1.29, 1.82) is 0 Å². The molecule has 0 aromatic carbocycles. The molecule has 0 aliphatic heterocycles. The van der Waals surface area contributed by atoms with Gasteiger partial charge in [0.1, 0.15) is 0 Å². The number of nitrogens with one attached hydrogen (secondary N) is 2. The fraction of sp³-hybridized carbons (Fsp3) is 0.579. The maximum atomic E-state index is 4.23. The van der Waals surface area contributed by atoms with Gasteiger partial charge in [0.15, 0.2) is 0 Å². The Hall–Kier alpha value is -1.28. The third kappa shape index (κ3) is 9.30. The van der Waals surface area contributed by atoms with E-state index in [9.17, 15) is 0 Å². The van der Waals surface area contributed by atoms with Gasteiger partial charge in [-0.25, -0.2) is 0 Å². The first-order valence-corrected chi connectivity index (χ1v) is 7.90. The van der Waals surface area contributed by atoms with Gasteiger partial charge >= 0.3 is 0 Å². The van der Waals surface area contributed by atoms with Crippen molar-refractivity contribution in [2.24, 2.45) is 0 Å². The Morgan fingerprint density at radius 3 is 1.71 bits per heavy atom. The first-order valence-electron chi connectivity index (χ1n) is 7.90. The third-order valence-corrected chi connectivity index (χ3v) is 3.55. The standard InChI is InChI=1S/C19H34N2/c1-9-20-19(13-11-15(4)5)17(8)21-18(16(6)7)12-10-14(2)3/h18-21H,2,4,6,8-13H2,1,3,5,7H3. The second-order valence-electron chi connectivity index (χ2n) is 6.17. The molecule has 2 heteroatoms. The van der Waals surface area contributed by atoms with Crippen LogP contribution < -0.4 is 10.6 Å². The minimum absolute atomic E-state index is 0.264. The van der Waals surface area contributed by atoms with E-state index < -0.39 is 0 Å². The Bertz CT molecular complexity index is 379. The van der Waals surface area contributed by atoms with Crippen molar-refractivity contribution in [3.8, 4) is 0 Å². The molecule has 0 saturated carbocycles. The summed E-state index contributed by atoms with van der Waals surface area (Å²) >= 11 is 0. The summed E-state index contributed by atoms with van der Waals surface area (Å²) in [4.78, 5) is 0. The molecule has 0 aliphatic carbocycles. The van der Waals surface area contributed by atoms with E-state index >= 15 is 0 Å². The summed E-state index contributed by atoms with van der Waals surface area (Å²) in [6.07, 6.45) is 4.07. The Kier molecular flexibility index (Phi) is 9.81. The van der Waals surface area contributed by atoms with E-state index in [-0.39, 0.29) is 12.1 Å². The molecule has 21 heavy (non-hydrogen) atoms. The van der Waals surface area contributed by atoms with E-state index in [4.69, 9.17) is 0 Å². The van der Waals surface area contributed by atoms with Crippen LogP contribution in [0.1, 0.15) is 53.4 Å². The molecule has 2 N–H and O–H groups in total. The summed E-state index contributed by atoms with van der Waals surface area (Å²) in [5.74, 6) is 0. The molecule has 0 aromatic rings. The van der Waals surface area contributed by atoms with Crippen LogP contribution in [-0.4, -0.2) is 18.6 Å². The predicted molar refractivity (Wildman–Crippen MR) is 96.4 cm³/mol. The maximum Gasteiger partial charge on any atom is 0.0468 e. The van der Waals surface area contributed by atoms with Crippen LogP contribution in [0.5, 0.6) is 0 Å². The molecule has 2 nitrogen and oxygen atoms in total. The zero-order valence-corrected chi connectivity index (χ0v) is 14.5. The predicted octanol–water partition coefficient (Wildman–Crippen LogP) is 4.73. The number of hydrogen-bond acceptors (Lipinski definition) is 2. The molecule has 120 valence electrons. The lowest BCUT2D eigenvalue weighted by Gasteiger charge is -2.27. The second-order valence-corrected chi connectivity index (χ2v) is 6.17. The molecule has 0 radical (unpaired) electrons. The number of likely N-dealkylation sites (N-methyl/N-ethyl adjacent to an activating group) is 1. The molecule has 0 aliphatic rings. The highest BCUT2D eigenvalue weighted by atomic mass is 15.0. The van der Waals surface area contributed by atoms with Crippen molar-refractivity contribution in [3.05, 3.63) is 48.7 Å². The fourth-order valence-electron chi connectivity index (χ4n) is 2.19. The van der Waals surface area contributed by atoms with Crippen LogP contribution in [0.3, 0.4) is 0 Å². The molecule has 0 rings (SSSR count). The van der Waals surface area contributed by atoms with Gasteiger partial charge in [0.05, 0.1) is 0 Å². The van der Waals surface area contributed by atoms with E-state index in [0.29, 0.717) is 0 Å². The summed E-state index contributed by atoms with van der Waals surface area (Å²) < 4.78 is 0. The Balaban J connectivity index is 4.62. The lowest BCUT2D eigenvalue weighted by molar-refractivity contribution is 0.487. The van der Waals surface area contributed by atoms with Crippen molar-refractivity contribution in [2.45, 2.75) is 65.5 Å². The highest BCUT2D eigenvalue weighted by molar-refractivity contribution is 5.13. The van der Waals surface area contributed by atoms with Crippen LogP contribution in [0.4, 0.5) is 0 Å². The number of allylic oxidation sites excluding steroid dienone is 2. The lowest BCUT2D eigenvalue weighted by atomic mass is 9.99. The summed E-state index contributed by atoms with van der Waals surface area (Å²) in [5, 5.41) is 7.05. The molecule has 0 spiro atoms. The molecular weight excluding hydrogens is 256 g/mol. The molecule has 0 amide bonds. The topological polar surface area (TPSA) is 24.1 Å². The molecule has 0 heterocycles. The third-order valence-electron chi connectivity index (χ3n) is 3.55. The van der Waals surface area contributed by atoms with Gasteiger partial charge in [-0.1, -0.05) is 36.8 Å². The van der Waals surface area contributed by atoms with Gasteiger partial charge in [-0.3, -0.25) is 0 Å². The van der Waals surface area contributed by atoms with Gasteiger partial charge in [-0.15, -0.1) is 13.2 Å². The van der Waals surface area contributed by atoms with Gasteiger partial charge in [0.2, 0.25) is 0 Å². The van der Waals surface area contributed by atoms with Crippen LogP contribution in [0, 0.1) is 0 Å². The van der Waals surface area contributed by atoms with E-state index in [0.717, 1.165) is 43.5 Å². The largest absolute Gasteiger partial charge is 0.381 e. The highest BCUT2D eigenvalue weighted by Crippen LogP contribution is 2.15. The number of hydrogen-bond donors (Lipinski definition) is 2. The summed E-state index contributed by atoms with van der Waals surface area (Å²) in [5.41, 5.74) is 4.61. The van der Waals surface area contributed by atoms with Crippen LogP contribution in [-0.2, 0) is 0 Å². The monoisotopic (exact) mass is 290 g/mol. The average Bonchev–Trinajstić information content (AvgIpc) is 2.38. The van der Waals surface area contributed by atoms with Crippen LogP contribution in [0.2, 0.25) is 0 Å². The van der Waals surface area contributed by atoms with Crippen molar-refractivity contribution < 1.29 is 0 Å². The fourth-order valence-corrected chi connectivity index (χ4v) is 2.19. The van der Waals surface area contributed by atoms with Crippen LogP contribution in [0.15, 0.2) is 48.7 Å². The average molecular weight is 290 g/mol. The van der Waals surface area contributed by atoms with Crippen molar-refractivity contribution in [3.63, 3.8) is 0 Å². The lowest BCUT2D eigenvalue weighted by Crippen LogP contribution is -2.40. The molecule has 2 unspecified atom stereocenters. The van der Waals surface area contributed by atoms with E-state index in [1.807, 2.05) is 0 Å². The van der Waals surface area contributed by atoms with Gasteiger partial charge in [0.25, 0.3) is 0 Å². The molecular formula is C19H34N2. The highest BCUT2D eigenvalue weighted by Gasteiger charge is 2.16. The summed E-state index contributed by atoms with van der Waals surface area (Å²) in [7, 11) is 0. The SMILES string of the molecule is C=C(C)CCC(NC(=C)C(CCC(=C)C)NCC)C(=C)C. The molecule has 2 atom stereocenters. The quantitative estimate of drug-likeness (QED) is 0.508. The summed E-state index contributed by atoms with van der Waals surface area (Å²) in [6, 6.07) is 0.540. The first kappa shape index (κ1) is 19.7. The number of rotatable bonds is 12. The van der Waals surface area contributed by atoms with Gasteiger partial charge in [-0.05, 0) is 53.0 Å². The van der Waals surface area contributed by atoms with Crippen molar-refractivity contribution in [2.75, 3.05) is 6.54 Å². The molecule has 0 bridgehead atoms. The van der Waals surface area contributed by atoms with E-state index in [1.54, 1.807) is 0 Å². The van der Waals surface area contributed by atoms with E-state index in [2.05, 4.69) is 64.6 Å². The van der Waals surface area contributed by atoms with Crippen molar-refractivity contribution >= 4 is 0 Å². The van der Waals surface area contributed by atoms with E-state index in [1.165, 1.54) is 11.1 Å². The zero-order valence-electron chi connectivity index (χ0n) is 14.5. The van der Waals surface area contributed by atoms with Gasteiger partial charge < -0.3 is 10.6 Å². The zero-order chi connectivity index (χ0) is 16.4. The van der Waals surface area contributed by atoms with Crippen LogP contribution >= 0.6 is 0 Å². The minimum atomic E-state index is 0.264. The van der Waals surface area contributed by atoms with Crippen LogP contribution in [0.25, 0.3) is 0 Å². The smallest absolute Gasteiger partial charge is 0.0468 e. The Morgan fingerprint density at radius 2 is 1.33 bits per heavy atom. The second kappa shape index (κ2) is 10.4. The van der Waals surface area contributed by atoms with Gasteiger partial charge in [0, 0.05) is 17.8 Å².